The summed E-state index contributed by atoms with van der Waals surface area (Å²) < 4.78 is 6.21. The molecule has 1 N–H and O–H groups in total. The second kappa shape index (κ2) is 7.12. The maximum Gasteiger partial charge on any atom is 0.309 e. The summed E-state index contributed by atoms with van der Waals surface area (Å²) in [4.78, 5) is 28.3. The summed E-state index contributed by atoms with van der Waals surface area (Å²) in [6, 6.07) is 13.7. The molecule has 138 valence electrons. The van der Waals surface area contributed by atoms with Crippen molar-refractivity contribution in [2.75, 3.05) is 11.9 Å². The van der Waals surface area contributed by atoms with E-state index in [2.05, 4.69) is 29.4 Å². The van der Waals surface area contributed by atoms with Crippen molar-refractivity contribution in [2.24, 2.45) is 11.8 Å². The fourth-order valence-electron chi connectivity index (χ4n) is 2.94. The summed E-state index contributed by atoms with van der Waals surface area (Å²) in [6.45, 7) is 3.82. The molecular weight excluding hydrogens is 360 g/mol. The van der Waals surface area contributed by atoms with Crippen LogP contribution in [0.25, 0.3) is 20.8 Å². The fourth-order valence-corrected chi connectivity index (χ4v) is 4.01. The molecule has 1 aliphatic carbocycles. The summed E-state index contributed by atoms with van der Waals surface area (Å²) in [5.74, 6) is -0.270. The Morgan fingerprint density at radius 3 is 2.67 bits per heavy atom. The van der Waals surface area contributed by atoms with Gasteiger partial charge >= 0.3 is 5.97 Å². The van der Waals surface area contributed by atoms with E-state index in [0.29, 0.717) is 11.6 Å². The number of carbonyl (C=O) groups is 2. The third-order valence-corrected chi connectivity index (χ3v) is 5.78. The first-order valence-electron chi connectivity index (χ1n) is 8.94. The Labute approximate surface area is 161 Å². The minimum Gasteiger partial charge on any atom is -0.455 e. The van der Waals surface area contributed by atoms with Crippen LogP contribution in [-0.4, -0.2) is 23.5 Å². The van der Waals surface area contributed by atoms with Crippen LogP contribution in [0.4, 0.5) is 5.69 Å². The van der Waals surface area contributed by atoms with Gasteiger partial charge in [-0.05, 0) is 61.2 Å². The standard InChI is InChI=1S/C21H20N2O3S/c1-12-3-8-17-18(9-12)27-20(23-17)14-4-6-15(7-5-14)22-19(24)11-26-21(25)16-10-13(16)2/h3-9,13,16H,10-11H2,1-2H3,(H,22,24)/t13-,16+/m1/s1. The number of fused-ring (bicyclic) bond motifs is 1. The lowest BCUT2D eigenvalue weighted by Gasteiger charge is -2.07. The van der Waals surface area contributed by atoms with Gasteiger partial charge in [0.1, 0.15) is 5.01 Å². The summed E-state index contributed by atoms with van der Waals surface area (Å²) in [5, 5.41) is 3.69. The molecule has 1 amide bonds. The van der Waals surface area contributed by atoms with Gasteiger partial charge in [-0.25, -0.2) is 4.98 Å². The average molecular weight is 380 g/mol. The average Bonchev–Trinajstić information content (AvgIpc) is 3.23. The molecule has 1 aliphatic rings. The number of nitrogens with one attached hydrogen (secondary N) is 1. The van der Waals surface area contributed by atoms with Crippen molar-refractivity contribution < 1.29 is 14.3 Å². The van der Waals surface area contributed by atoms with Gasteiger partial charge in [0.05, 0.1) is 16.1 Å². The molecule has 1 aromatic heterocycles. The zero-order valence-electron chi connectivity index (χ0n) is 15.2. The van der Waals surface area contributed by atoms with E-state index < -0.39 is 0 Å². The molecule has 6 heteroatoms. The summed E-state index contributed by atoms with van der Waals surface area (Å²) in [7, 11) is 0. The van der Waals surface area contributed by atoms with Crippen molar-refractivity contribution in [3.05, 3.63) is 48.0 Å². The number of nitrogens with zero attached hydrogens (tertiary/aromatic N) is 1. The molecule has 0 saturated heterocycles. The fraction of sp³-hybridized carbons (Fsp3) is 0.286. The molecule has 1 fully saturated rings. The topological polar surface area (TPSA) is 68.3 Å². The van der Waals surface area contributed by atoms with Crippen LogP contribution in [0.5, 0.6) is 0 Å². The second-order valence-corrected chi connectivity index (χ2v) is 8.07. The van der Waals surface area contributed by atoms with Crippen LogP contribution in [0.2, 0.25) is 0 Å². The maximum atomic E-state index is 11.9. The molecule has 4 rings (SSSR count). The van der Waals surface area contributed by atoms with E-state index in [-0.39, 0.29) is 24.4 Å². The molecule has 0 radical (unpaired) electrons. The van der Waals surface area contributed by atoms with Gasteiger partial charge in [-0.1, -0.05) is 13.0 Å². The molecule has 2 aromatic carbocycles. The monoisotopic (exact) mass is 380 g/mol. The summed E-state index contributed by atoms with van der Waals surface area (Å²) >= 11 is 1.65. The highest BCUT2D eigenvalue weighted by molar-refractivity contribution is 7.21. The van der Waals surface area contributed by atoms with Crippen molar-refractivity contribution in [1.82, 2.24) is 4.98 Å². The summed E-state index contributed by atoms with van der Waals surface area (Å²) in [6.07, 6.45) is 0.854. The van der Waals surface area contributed by atoms with Gasteiger partial charge in [0, 0.05) is 11.3 Å². The number of ether oxygens (including phenoxy) is 1. The highest BCUT2D eigenvalue weighted by Crippen LogP contribution is 2.38. The number of thiazole rings is 1. The molecule has 3 aromatic rings. The van der Waals surface area contributed by atoms with Crippen molar-refractivity contribution in [3.63, 3.8) is 0 Å². The number of anilines is 1. The molecule has 1 heterocycles. The maximum absolute atomic E-state index is 11.9. The lowest BCUT2D eigenvalue weighted by Crippen LogP contribution is -2.21. The van der Waals surface area contributed by atoms with Gasteiger partial charge in [-0.3, -0.25) is 9.59 Å². The lowest BCUT2D eigenvalue weighted by molar-refractivity contribution is -0.148. The predicted octanol–water partition coefficient (Wildman–Crippen LogP) is 4.41. The number of aryl methyl sites for hydroxylation is 1. The van der Waals surface area contributed by atoms with Crippen LogP contribution in [0, 0.1) is 18.8 Å². The van der Waals surface area contributed by atoms with E-state index in [9.17, 15) is 9.59 Å². The molecule has 0 spiro atoms. The molecule has 27 heavy (non-hydrogen) atoms. The van der Waals surface area contributed by atoms with E-state index in [1.165, 1.54) is 5.56 Å². The Morgan fingerprint density at radius 2 is 1.96 bits per heavy atom. The Balaban J connectivity index is 1.37. The zero-order chi connectivity index (χ0) is 19.0. The number of hydrogen-bond acceptors (Lipinski definition) is 5. The Bertz CT molecular complexity index is 1010. The van der Waals surface area contributed by atoms with E-state index in [4.69, 9.17) is 4.74 Å². The largest absolute Gasteiger partial charge is 0.455 e. The predicted molar refractivity (Wildman–Crippen MR) is 107 cm³/mol. The number of carbonyl (C=O) groups excluding carboxylic acids is 2. The number of benzene rings is 2. The van der Waals surface area contributed by atoms with Gasteiger partial charge in [-0.15, -0.1) is 11.3 Å². The van der Waals surface area contributed by atoms with E-state index in [1.807, 2.05) is 37.3 Å². The van der Waals surface area contributed by atoms with E-state index >= 15 is 0 Å². The number of esters is 1. The van der Waals surface area contributed by atoms with Crippen LogP contribution in [0.15, 0.2) is 42.5 Å². The Hall–Kier alpha value is -2.73. The Kier molecular flexibility index (Phi) is 4.66. The Morgan fingerprint density at radius 1 is 1.22 bits per heavy atom. The van der Waals surface area contributed by atoms with Crippen molar-refractivity contribution in [3.8, 4) is 10.6 Å². The van der Waals surface area contributed by atoms with Crippen LogP contribution in [-0.2, 0) is 14.3 Å². The SMILES string of the molecule is Cc1ccc2nc(-c3ccc(NC(=O)COC(=O)[C@H]4C[C@H]4C)cc3)sc2c1. The molecular formula is C21H20N2O3S. The van der Waals surface area contributed by atoms with E-state index in [0.717, 1.165) is 27.2 Å². The smallest absolute Gasteiger partial charge is 0.309 e. The lowest BCUT2D eigenvalue weighted by atomic mass is 10.2. The third-order valence-electron chi connectivity index (χ3n) is 4.72. The van der Waals surface area contributed by atoms with Gasteiger partial charge in [-0.2, -0.15) is 0 Å². The quantitative estimate of drug-likeness (QED) is 0.666. The molecule has 0 unspecified atom stereocenters. The summed E-state index contributed by atoms with van der Waals surface area (Å²) in [5.41, 5.74) is 3.87. The number of hydrogen-bond donors (Lipinski definition) is 1. The first kappa shape index (κ1) is 17.7. The van der Waals surface area contributed by atoms with Crippen molar-refractivity contribution in [1.29, 1.82) is 0 Å². The minimum absolute atomic E-state index is 0.0327. The number of rotatable bonds is 5. The van der Waals surface area contributed by atoms with Gasteiger partial charge in [0.25, 0.3) is 5.91 Å². The highest BCUT2D eigenvalue weighted by Gasteiger charge is 2.40. The number of amides is 1. The molecule has 5 nitrogen and oxygen atoms in total. The minimum atomic E-state index is -0.333. The third kappa shape index (κ3) is 4.01. The first-order valence-corrected chi connectivity index (χ1v) is 9.75. The van der Waals surface area contributed by atoms with Gasteiger partial charge < -0.3 is 10.1 Å². The zero-order valence-corrected chi connectivity index (χ0v) is 16.0. The molecule has 0 aliphatic heterocycles. The molecule has 1 saturated carbocycles. The van der Waals surface area contributed by atoms with Crippen LogP contribution >= 0.6 is 11.3 Å². The number of aromatic nitrogens is 1. The highest BCUT2D eigenvalue weighted by atomic mass is 32.1. The van der Waals surface area contributed by atoms with Crippen molar-refractivity contribution >= 4 is 39.1 Å². The van der Waals surface area contributed by atoms with Crippen molar-refractivity contribution in [2.45, 2.75) is 20.3 Å². The molecule has 0 bridgehead atoms. The van der Waals surface area contributed by atoms with Gasteiger partial charge in [0.2, 0.25) is 0 Å². The van der Waals surface area contributed by atoms with Crippen LogP contribution in [0.1, 0.15) is 18.9 Å². The first-order chi connectivity index (χ1) is 13.0. The van der Waals surface area contributed by atoms with E-state index in [1.54, 1.807) is 11.3 Å². The van der Waals surface area contributed by atoms with Crippen LogP contribution in [0.3, 0.4) is 0 Å². The molecule has 2 atom stereocenters. The normalized spacial score (nSPS) is 18.3. The second-order valence-electron chi connectivity index (χ2n) is 7.04. The van der Waals surface area contributed by atoms with Crippen LogP contribution < -0.4 is 5.32 Å². The van der Waals surface area contributed by atoms with Gasteiger partial charge in [0.15, 0.2) is 6.61 Å².